The number of hydrogen-bond donors (Lipinski definition) is 0. The fraction of sp³-hybridized carbons (Fsp3) is 0.0519. The Kier molecular flexibility index (Phi) is 9.26. The lowest BCUT2D eigenvalue weighted by Gasteiger charge is -2.45. The number of nitrogens with zero attached hydrogens (tertiary/aromatic N) is 4. The molecule has 0 atom stereocenters. The molecule has 0 saturated carbocycles. The molecule has 386 valence electrons. The number of hydrogen-bond acceptors (Lipinski definition) is 3. The number of nitriles is 1. The van der Waals surface area contributed by atoms with E-state index in [1.807, 2.05) is 109 Å². The van der Waals surface area contributed by atoms with Crippen LogP contribution in [0.4, 0.5) is 34.1 Å². The molecule has 0 spiro atoms. The maximum Gasteiger partial charge on any atom is 0.252 e. The minimum absolute atomic E-state index is 0.0217. The number of rotatable bonds is 8. The first kappa shape index (κ1) is 39.0. The van der Waals surface area contributed by atoms with Crippen LogP contribution >= 0.6 is 0 Å². The molecule has 0 aliphatic carbocycles. The van der Waals surface area contributed by atoms with Crippen LogP contribution in [0.25, 0.3) is 83.1 Å². The highest BCUT2D eigenvalue weighted by Gasteiger charge is 2.45. The summed E-state index contributed by atoms with van der Waals surface area (Å²) in [4.78, 5) is 4.37. The third-order valence-electron chi connectivity index (χ3n) is 16.3. The zero-order valence-corrected chi connectivity index (χ0v) is 45.2. The second-order valence-electron chi connectivity index (χ2n) is 22.1. The first-order valence-corrected chi connectivity index (χ1v) is 27.5. The Labute approximate surface area is 493 Å². The minimum atomic E-state index is -0.594. The van der Waals surface area contributed by atoms with E-state index in [1.54, 1.807) is 0 Å². The maximum absolute atomic E-state index is 11.6. The summed E-state index contributed by atoms with van der Waals surface area (Å²) in [5, 5.41) is 13.7. The fourth-order valence-corrected chi connectivity index (χ4v) is 12.5. The second kappa shape index (κ2) is 19.4. The average molecular weight is 1060 g/mol. The molecule has 0 bridgehead atoms. The van der Waals surface area contributed by atoms with Gasteiger partial charge in [0.2, 0.25) is 0 Å². The first-order chi connectivity index (χ1) is 44.4. The Morgan fingerprint density at radius 1 is 0.402 bits per heavy atom. The lowest BCUT2D eigenvalue weighted by molar-refractivity contribution is 0.590. The molecule has 1 aromatic heterocycles. The summed E-state index contributed by atoms with van der Waals surface area (Å²) in [6.45, 7) is 5.88. The summed E-state index contributed by atoms with van der Waals surface area (Å²) in [6, 6.07) is 72.1. The zero-order chi connectivity index (χ0) is 63.8. The van der Waals surface area contributed by atoms with Crippen LogP contribution in [0.2, 0.25) is 0 Å². The van der Waals surface area contributed by atoms with Gasteiger partial charge < -0.3 is 14.4 Å². The van der Waals surface area contributed by atoms with E-state index in [-0.39, 0.29) is 35.3 Å². The van der Waals surface area contributed by atoms with Crippen LogP contribution in [0.5, 0.6) is 0 Å². The number of aromatic nitrogens is 1. The molecule has 2 aliphatic heterocycles. The van der Waals surface area contributed by atoms with Crippen molar-refractivity contribution in [3.05, 3.63) is 290 Å². The Morgan fingerprint density at radius 3 is 1.52 bits per heavy atom. The quantitative estimate of drug-likeness (QED) is 0.142. The highest BCUT2D eigenvalue weighted by atomic mass is 15.2. The molecule has 13 aromatic rings. The molecule has 0 fully saturated rings. The van der Waals surface area contributed by atoms with E-state index in [1.165, 1.54) is 0 Å². The molecule has 82 heavy (non-hydrogen) atoms. The van der Waals surface area contributed by atoms with Gasteiger partial charge in [0.05, 0.1) is 36.0 Å². The van der Waals surface area contributed by atoms with Crippen molar-refractivity contribution in [2.75, 3.05) is 9.80 Å². The molecule has 5 heteroatoms. The van der Waals surface area contributed by atoms with E-state index in [0.29, 0.717) is 33.8 Å². The Bertz CT molecular complexity index is 5200. The predicted molar refractivity (Wildman–Crippen MR) is 345 cm³/mol. The normalized spacial score (nSPS) is 14.2. The van der Waals surface area contributed by atoms with Crippen molar-refractivity contribution in [2.24, 2.45) is 0 Å². The third kappa shape index (κ3) is 8.06. The highest BCUT2D eigenvalue weighted by Crippen LogP contribution is 2.50. The molecule has 0 radical (unpaired) electrons. The van der Waals surface area contributed by atoms with Gasteiger partial charge >= 0.3 is 0 Å². The van der Waals surface area contributed by atoms with Gasteiger partial charge in [0, 0.05) is 44.9 Å². The molecule has 0 unspecified atom stereocenters. The van der Waals surface area contributed by atoms with Crippen LogP contribution in [0, 0.1) is 11.3 Å². The van der Waals surface area contributed by atoms with Gasteiger partial charge in [-0.25, -0.2) is 0 Å². The second-order valence-corrected chi connectivity index (χ2v) is 22.1. The van der Waals surface area contributed by atoms with Crippen LogP contribution in [0.3, 0.4) is 0 Å². The van der Waals surface area contributed by atoms with E-state index in [9.17, 15) is 10.7 Å². The van der Waals surface area contributed by atoms with Gasteiger partial charge in [-0.3, -0.25) is 0 Å². The van der Waals surface area contributed by atoms with Crippen LogP contribution in [0.15, 0.2) is 279 Å². The lowest BCUT2D eigenvalue weighted by atomic mass is 9.33. The van der Waals surface area contributed by atoms with Crippen LogP contribution in [-0.2, 0) is 5.41 Å². The van der Waals surface area contributed by atoms with Crippen molar-refractivity contribution in [1.82, 2.24) is 4.57 Å². The minimum Gasteiger partial charge on any atom is -0.311 e. The number of para-hydroxylation sites is 1. The van der Waals surface area contributed by atoms with Crippen molar-refractivity contribution in [2.45, 2.75) is 26.2 Å². The van der Waals surface area contributed by atoms with Gasteiger partial charge in [0.25, 0.3) is 6.71 Å². The third-order valence-corrected chi connectivity index (χ3v) is 16.3. The van der Waals surface area contributed by atoms with Crippen molar-refractivity contribution < 1.29 is 13.7 Å². The van der Waals surface area contributed by atoms with Gasteiger partial charge in [-0.2, -0.15) is 5.26 Å². The van der Waals surface area contributed by atoms with E-state index >= 15 is 0 Å². The summed E-state index contributed by atoms with van der Waals surface area (Å²) < 4.78 is 92.1. The smallest absolute Gasteiger partial charge is 0.252 e. The Hall–Kier alpha value is -10.4. The zero-order valence-electron chi connectivity index (χ0n) is 55.2. The van der Waals surface area contributed by atoms with E-state index in [2.05, 4.69) is 150 Å². The van der Waals surface area contributed by atoms with Crippen LogP contribution in [-0.4, -0.2) is 11.3 Å². The number of anilines is 6. The summed E-state index contributed by atoms with van der Waals surface area (Å²) >= 11 is 0. The molecule has 3 heterocycles. The summed E-state index contributed by atoms with van der Waals surface area (Å²) in [5.74, 6) is 0. The number of fused-ring (bicyclic) bond motifs is 7. The van der Waals surface area contributed by atoms with E-state index in [4.69, 9.17) is 8.22 Å². The molecule has 4 nitrogen and oxygen atoms in total. The van der Waals surface area contributed by atoms with E-state index in [0.717, 1.165) is 99.9 Å². The first-order valence-electron chi connectivity index (χ1n) is 32.5. The monoisotopic (exact) mass is 1060 g/mol. The lowest BCUT2D eigenvalue weighted by Crippen LogP contribution is -2.61. The summed E-state index contributed by atoms with van der Waals surface area (Å²) in [5.41, 5.74) is 16.9. The summed E-state index contributed by atoms with van der Waals surface area (Å²) in [6.07, 6.45) is 0. The largest absolute Gasteiger partial charge is 0.311 e. The molecule has 0 amide bonds. The van der Waals surface area contributed by atoms with E-state index < -0.39 is 48.4 Å². The molecule has 15 rings (SSSR count). The van der Waals surface area contributed by atoms with Crippen molar-refractivity contribution >= 4 is 79.0 Å². The van der Waals surface area contributed by atoms with Gasteiger partial charge in [0.1, 0.15) is 6.07 Å². The van der Waals surface area contributed by atoms with Crippen LogP contribution in [0.1, 0.15) is 45.6 Å². The molecule has 0 N–H and O–H groups in total. The van der Waals surface area contributed by atoms with Crippen molar-refractivity contribution in [3.8, 4) is 67.4 Å². The molecular weight excluding hydrogens is 992 g/mol. The Balaban J connectivity index is 1.08. The van der Waals surface area contributed by atoms with Crippen molar-refractivity contribution in [3.63, 3.8) is 0 Å². The van der Waals surface area contributed by atoms with Gasteiger partial charge in [-0.15, -0.1) is 0 Å². The summed E-state index contributed by atoms with van der Waals surface area (Å²) in [7, 11) is 0. The van der Waals surface area contributed by atoms with Crippen molar-refractivity contribution in [1.29, 1.82) is 5.26 Å². The fourth-order valence-electron chi connectivity index (χ4n) is 12.5. The molecule has 2 aliphatic rings. The van der Waals surface area contributed by atoms with Gasteiger partial charge in [-0.1, -0.05) is 227 Å². The molecular formula is C77H55BN4. The molecule has 12 aromatic carbocycles. The standard InChI is InChI=1S/C77H55BN4/c1-77(2,3)61-47-73-76-74(48-61)82(70-49-62(39-36-58(70)50-79)80-68-34-20-19-32-65(68)75-64(33-21-35-69(75)80)55-30-17-8-18-31-55)72-46-57(52-24-11-5-12-25-52)38-41-67(72)78(76)66-40-37-56(51-22-9-4-10-23-51)45-71(66)81(73)63-43-59(53-26-13-6-14-27-53)42-60(44-63)54-28-15-7-16-29-54/h4-49H,1-3H3/i4D,5D,9D,10D,11D,12D,22D,23D,24D,25D. The Morgan fingerprint density at radius 2 is 0.939 bits per heavy atom. The maximum atomic E-state index is 11.6. The topological polar surface area (TPSA) is 35.2 Å². The van der Waals surface area contributed by atoms with Crippen LogP contribution < -0.4 is 26.2 Å². The molecule has 0 saturated heterocycles. The highest BCUT2D eigenvalue weighted by molar-refractivity contribution is 7.00. The predicted octanol–water partition coefficient (Wildman–Crippen LogP) is 18.4. The SMILES string of the molecule is [2H]c1c([2H])c([2H])c(-c2ccc3c(c2)N(c2cc(-c4ccccc4)cc(-c4ccccc4)c2)c2cc(C(C)(C)C)cc4c2B3c2ccc(-c3c([2H])c([2H])c([2H])c([2H])c3[2H])cc2N4c2cc(-n3c4ccccc4c4c(-c5ccccc5)cccc43)ccc2C#N)c([2H])c1[2H]. The van der Waals surface area contributed by atoms with Gasteiger partial charge in [0.15, 0.2) is 0 Å². The van der Waals surface area contributed by atoms with Gasteiger partial charge in [-0.05, 0) is 156 Å². The number of benzene rings is 12. The average Bonchev–Trinajstić information content (AvgIpc) is 0.815.